The minimum atomic E-state index is 0.531. The highest BCUT2D eigenvalue weighted by Crippen LogP contribution is 2.22. The molecule has 0 bridgehead atoms. The summed E-state index contributed by atoms with van der Waals surface area (Å²) in [6.45, 7) is 1.98. The molecule has 0 spiro atoms. The van der Waals surface area contributed by atoms with E-state index in [-0.39, 0.29) is 0 Å². The molecule has 0 aliphatic heterocycles. The van der Waals surface area contributed by atoms with Crippen LogP contribution in [0.1, 0.15) is 5.69 Å². The number of benzene rings is 1. The van der Waals surface area contributed by atoms with Gasteiger partial charge in [-0.15, -0.1) is 0 Å². The summed E-state index contributed by atoms with van der Waals surface area (Å²) >= 11 is 0. The van der Waals surface area contributed by atoms with E-state index in [4.69, 9.17) is 5.73 Å². The second kappa shape index (κ2) is 3.59. The van der Waals surface area contributed by atoms with Gasteiger partial charge in [-0.25, -0.2) is 4.68 Å². The Labute approximate surface area is 98.7 Å². The lowest BCUT2D eigenvalue weighted by Gasteiger charge is -2.07. The molecule has 0 radical (unpaired) electrons. The van der Waals surface area contributed by atoms with Crippen molar-refractivity contribution in [1.29, 1.82) is 0 Å². The number of nitrogens with two attached hydrogens (primary N) is 1. The molecule has 3 rings (SSSR count). The zero-order valence-electron chi connectivity index (χ0n) is 9.46. The van der Waals surface area contributed by atoms with Gasteiger partial charge in [0.1, 0.15) is 5.82 Å². The number of anilines is 1. The summed E-state index contributed by atoms with van der Waals surface area (Å²) in [6, 6.07) is 9.93. The number of aryl methyl sites for hydroxylation is 1. The van der Waals surface area contributed by atoms with E-state index in [0.717, 1.165) is 22.2 Å². The molecule has 17 heavy (non-hydrogen) atoms. The van der Waals surface area contributed by atoms with Gasteiger partial charge in [0, 0.05) is 29.5 Å². The van der Waals surface area contributed by atoms with E-state index in [9.17, 15) is 0 Å². The molecule has 84 valence electrons. The van der Waals surface area contributed by atoms with Crippen LogP contribution in [0.25, 0.3) is 16.5 Å². The summed E-state index contributed by atoms with van der Waals surface area (Å²) in [7, 11) is 0. The molecule has 0 aliphatic rings. The third kappa shape index (κ3) is 1.54. The Bertz CT molecular complexity index is 679. The number of nitrogens with zero attached hydrogens (tertiary/aromatic N) is 3. The molecule has 0 amide bonds. The van der Waals surface area contributed by atoms with Gasteiger partial charge in [0.15, 0.2) is 0 Å². The zero-order valence-corrected chi connectivity index (χ0v) is 9.46. The first-order chi connectivity index (χ1) is 8.25. The molecule has 0 aliphatic carbocycles. The molecule has 0 saturated heterocycles. The second-order valence-corrected chi connectivity index (χ2v) is 4.00. The van der Waals surface area contributed by atoms with Crippen molar-refractivity contribution in [2.75, 3.05) is 5.73 Å². The highest BCUT2D eigenvalue weighted by atomic mass is 15.3. The number of nitrogen functional groups attached to an aromatic ring is 1. The zero-order chi connectivity index (χ0) is 11.8. The Balaban J connectivity index is 2.34. The number of hydrogen-bond donors (Lipinski definition) is 1. The van der Waals surface area contributed by atoms with E-state index in [2.05, 4.69) is 16.1 Å². The fraction of sp³-hybridized carbons (Fsp3) is 0.0769. The van der Waals surface area contributed by atoms with E-state index in [0.29, 0.717) is 5.82 Å². The predicted octanol–water partition coefficient (Wildman–Crippen LogP) is 2.31. The second-order valence-electron chi connectivity index (χ2n) is 4.00. The molecule has 0 atom stereocenters. The molecule has 3 aromatic rings. The summed E-state index contributed by atoms with van der Waals surface area (Å²) in [5.41, 5.74) is 7.73. The van der Waals surface area contributed by atoms with Crippen LogP contribution < -0.4 is 5.73 Å². The van der Waals surface area contributed by atoms with Crippen LogP contribution >= 0.6 is 0 Å². The molecule has 0 unspecified atom stereocenters. The van der Waals surface area contributed by atoms with Crippen molar-refractivity contribution < 1.29 is 0 Å². The Morgan fingerprint density at radius 1 is 1.24 bits per heavy atom. The Morgan fingerprint density at radius 2 is 2.12 bits per heavy atom. The van der Waals surface area contributed by atoms with Gasteiger partial charge < -0.3 is 5.73 Å². The predicted molar refractivity (Wildman–Crippen MR) is 68.0 cm³/mol. The summed E-state index contributed by atoms with van der Waals surface area (Å²) in [5, 5.41) is 6.51. The minimum absolute atomic E-state index is 0.531. The number of aromatic nitrogens is 3. The monoisotopic (exact) mass is 224 g/mol. The average Bonchev–Trinajstić information content (AvgIpc) is 2.68. The lowest BCUT2D eigenvalue weighted by molar-refractivity contribution is 0.857. The van der Waals surface area contributed by atoms with Gasteiger partial charge in [-0.05, 0) is 24.4 Å². The van der Waals surface area contributed by atoms with Gasteiger partial charge >= 0.3 is 0 Å². The standard InChI is InChI=1S/C13H12N4/c1-9-7-13(14)16-17(9)12-4-2-3-10-5-6-15-8-11(10)12/h2-8H,1H3,(H2,14,16). The van der Waals surface area contributed by atoms with Crippen LogP contribution in [0, 0.1) is 6.92 Å². The fourth-order valence-electron chi connectivity index (χ4n) is 2.02. The van der Waals surface area contributed by atoms with Crippen molar-refractivity contribution in [3.8, 4) is 5.69 Å². The summed E-state index contributed by atoms with van der Waals surface area (Å²) in [5.74, 6) is 0.531. The minimum Gasteiger partial charge on any atom is -0.382 e. The maximum atomic E-state index is 5.71. The molecule has 4 nitrogen and oxygen atoms in total. The van der Waals surface area contributed by atoms with Gasteiger partial charge in [-0.2, -0.15) is 5.10 Å². The topological polar surface area (TPSA) is 56.7 Å². The quantitative estimate of drug-likeness (QED) is 0.690. The third-order valence-electron chi connectivity index (χ3n) is 2.80. The van der Waals surface area contributed by atoms with E-state index in [1.54, 1.807) is 6.20 Å². The summed E-state index contributed by atoms with van der Waals surface area (Å²) < 4.78 is 1.85. The molecule has 2 heterocycles. The van der Waals surface area contributed by atoms with E-state index >= 15 is 0 Å². The van der Waals surface area contributed by atoms with Crippen LogP contribution in [0.2, 0.25) is 0 Å². The molecule has 1 aromatic carbocycles. The smallest absolute Gasteiger partial charge is 0.146 e. The van der Waals surface area contributed by atoms with E-state index in [1.165, 1.54) is 0 Å². The third-order valence-corrected chi connectivity index (χ3v) is 2.80. The molecule has 4 heteroatoms. The summed E-state index contributed by atoms with van der Waals surface area (Å²) in [6.07, 6.45) is 3.64. The highest BCUT2D eigenvalue weighted by molar-refractivity contribution is 5.89. The Kier molecular flexibility index (Phi) is 2.08. The first kappa shape index (κ1) is 9.84. The Morgan fingerprint density at radius 3 is 2.88 bits per heavy atom. The largest absolute Gasteiger partial charge is 0.382 e. The van der Waals surface area contributed by atoms with Crippen LogP contribution in [-0.2, 0) is 0 Å². The van der Waals surface area contributed by atoms with Crippen molar-refractivity contribution >= 4 is 16.6 Å². The van der Waals surface area contributed by atoms with Gasteiger partial charge in [-0.3, -0.25) is 4.98 Å². The molecule has 2 aromatic heterocycles. The van der Waals surface area contributed by atoms with Crippen LogP contribution in [0.5, 0.6) is 0 Å². The van der Waals surface area contributed by atoms with Crippen molar-refractivity contribution in [2.24, 2.45) is 0 Å². The first-order valence-corrected chi connectivity index (χ1v) is 5.41. The maximum absolute atomic E-state index is 5.71. The number of pyridine rings is 1. The van der Waals surface area contributed by atoms with Gasteiger partial charge in [-0.1, -0.05) is 12.1 Å². The SMILES string of the molecule is Cc1cc(N)nn1-c1cccc2ccncc12. The number of rotatable bonds is 1. The fourth-order valence-corrected chi connectivity index (χ4v) is 2.02. The van der Waals surface area contributed by atoms with Crippen LogP contribution in [0.3, 0.4) is 0 Å². The molecule has 0 fully saturated rings. The maximum Gasteiger partial charge on any atom is 0.146 e. The van der Waals surface area contributed by atoms with Crippen LogP contribution in [0.4, 0.5) is 5.82 Å². The van der Waals surface area contributed by atoms with Crippen molar-refractivity contribution in [1.82, 2.24) is 14.8 Å². The normalized spacial score (nSPS) is 10.9. The summed E-state index contributed by atoms with van der Waals surface area (Å²) in [4.78, 5) is 4.16. The van der Waals surface area contributed by atoms with Gasteiger partial charge in [0.25, 0.3) is 0 Å². The number of fused-ring (bicyclic) bond motifs is 1. The van der Waals surface area contributed by atoms with Crippen LogP contribution in [-0.4, -0.2) is 14.8 Å². The Hall–Kier alpha value is -2.36. The molecule has 0 saturated carbocycles. The lowest BCUT2D eigenvalue weighted by Crippen LogP contribution is -2.00. The molecular formula is C13H12N4. The highest BCUT2D eigenvalue weighted by Gasteiger charge is 2.07. The lowest BCUT2D eigenvalue weighted by atomic mass is 10.1. The van der Waals surface area contributed by atoms with E-state index < -0.39 is 0 Å². The van der Waals surface area contributed by atoms with Crippen molar-refractivity contribution in [2.45, 2.75) is 6.92 Å². The van der Waals surface area contributed by atoms with Crippen molar-refractivity contribution in [3.63, 3.8) is 0 Å². The van der Waals surface area contributed by atoms with Gasteiger partial charge in [0.2, 0.25) is 0 Å². The molecule has 2 N–H and O–H groups in total. The average molecular weight is 224 g/mol. The van der Waals surface area contributed by atoms with Crippen LogP contribution in [0.15, 0.2) is 42.7 Å². The van der Waals surface area contributed by atoms with Crippen molar-refractivity contribution in [3.05, 3.63) is 48.4 Å². The van der Waals surface area contributed by atoms with E-state index in [1.807, 2.05) is 42.1 Å². The first-order valence-electron chi connectivity index (χ1n) is 5.41. The number of hydrogen-bond acceptors (Lipinski definition) is 3. The molecular weight excluding hydrogens is 212 g/mol. The van der Waals surface area contributed by atoms with Gasteiger partial charge in [0.05, 0.1) is 5.69 Å².